The fourth-order valence-electron chi connectivity index (χ4n) is 3.15. The average Bonchev–Trinajstić information content (AvgIpc) is 3.35. The molecule has 4 N–H and O–H groups in total. The van der Waals surface area contributed by atoms with Crippen LogP contribution in [-0.2, 0) is 0 Å². The molecule has 3 heterocycles. The number of aromatic amines is 1. The van der Waals surface area contributed by atoms with Crippen LogP contribution in [0.4, 0.5) is 23.1 Å². The standard InChI is InChI=1S/C20H23N7/c1-14-13-17(26-25-14)23-19-18(21)20(27-11-5-6-12-27)24-16(22-19)10-9-15-7-3-2-4-8-15/h2-4,7-10,13H,5-6,11-12,21H2,1H3,(H2,22,23,24,25,26). The molecular formula is C20H23N7. The molecule has 7 heteroatoms. The minimum absolute atomic E-state index is 0.550. The number of nitrogens with one attached hydrogen (secondary N) is 2. The summed E-state index contributed by atoms with van der Waals surface area (Å²) >= 11 is 0. The van der Waals surface area contributed by atoms with Gasteiger partial charge in [0.15, 0.2) is 23.3 Å². The molecule has 0 saturated carbocycles. The summed E-state index contributed by atoms with van der Waals surface area (Å²) in [6.45, 7) is 3.87. The highest BCUT2D eigenvalue weighted by Gasteiger charge is 2.20. The minimum Gasteiger partial charge on any atom is -0.393 e. The molecule has 4 rings (SSSR count). The highest BCUT2D eigenvalue weighted by molar-refractivity contribution is 5.80. The molecular weight excluding hydrogens is 338 g/mol. The van der Waals surface area contributed by atoms with E-state index in [1.807, 2.05) is 55.5 Å². The maximum Gasteiger partial charge on any atom is 0.161 e. The molecule has 0 amide bonds. The number of nitrogens with two attached hydrogens (primary N) is 1. The number of rotatable bonds is 5. The van der Waals surface area contributed by atoms with Gasteiger partial charge in [-0.1, -0.05) is 36.4 Å². The zero-order valence-corrected chi connectivity index (χ0v) is 15.3. The van der Waals surface area contributed by atoms with Crippen LogP contribution < -0.4 is 16.0 Å². The van der Waals surface area contributed by atoms with Gasteiger partial charge in [-0.3, -0.25) is 5.10 Å². The van der Waals surface area contributed by atoms with Gasteiger partial charge in [-0.2, -0.15) is 5.10 Å². The first-order chi connectivity index (χ1) is 13.2. The van der Waals surface area contributed by atoms with E-state index in [1.165, 1.54) is 0 Å². The number of anilines is 4. The van der Waals surface area contributed by atoms with E-state index in [4.69, 9.17) is 10.7 Å². The molecule has 1 aliphatic heterocycles. The number of aromatic nitrogens is 4. The number of hydrogen-bond acceptors (Lipinski definition) is 6. The molecule has 1 fully saturated rings. The molecule has 0 spiro atoms. The van der Waals surface area contributed by atoms with Gasteiger partial charge in [-0.25, -0.2) is 9.97 Å². The maximum absolute atomic E-state index is 6.40. The van der Waals surface area contributed by atoms with Gasteiger partial charge in [0.05, 0.1) is 0 Å². The Bertz CT molecular complexity index is 940. The first-order valence-corrected chi connectivity index (χ1v) is 9.14. The third kappa shape index (κ3) is 3.92. The third-order valence-electron chi connectivity index (χ3n) is 4.53. The van der Waals surface area contributed by atoms with Crippen molar-refractivity contribution in [3.8, 4) is 0 Å². The van der Waals surface area contributed by atoms with Crippen LogP contribution >= 0.6 is 0 Å². The fraction of sp³-hybridized carbons (Fsp3) is 0.250. The predicted octanol–water partition coefficient (Wildman–Crippen LogP) is 3.60. The van der Waals surface area contributed by atoms with Gasteiger partial charge >= 0.3 is 0 Å². The zero-order chi connectivity index (χ0) is 18.6. The number of H-pyrrole nitrogens is 1. The maximum atomic E-state index is 6.40. The minimum atomic E-state index is 0.550. The summed E-state index contributed by atoms with van der Waals surface area (Å²) in [5, 5.41) is 10.4. The fourth-order valence-corrected chi connectivity index (χ4v) is 3.15. The summed E-state index contributed by atoms with van der Waals surface area (Å²) in [5.41, 5.74) is 9.02. The first-order valence-electron chi connectivity index (χ1n) is 9.14. The lowest BCUT2D eigenvalue weighted by molar-refractivity contribution is 0.927. The van der Waals surface area contributed by atoms with Gasteiger partial charge in [-0.05, 0) is 31.4 Å². The Morgan fingerprint density at radius 1 is 1.11 bits per heavy atom. The molecule has 0 bridgehead atoms. The Hall–Kier alpha value is -3.35. The topological polar surface area (TPSA) is 95.8 Å². The van der Waals surface area contributed by atoms with E-state index in [2.05, 4.69) is 25.4 Å². The van der Waals surface area contributed by atoms with Crippen LogP contribution in [0, 0.1) is 6.92 Å². The molecule has 1 aromatic carbocycles. The predicted molar refractivity (Wildman–Crippen MR) is 110 cm³/mol. The lowest BCUT2D eigenvalue weighted by Gasteiger charge is -2.20. The van der Waals surface area contributed by atoms with E-state index in [9.17, 15) is 0 Å². The molecule has 2 aromatic heterocycles. The van der Waals surface area contributed by atoms with Gasteiger partial charge in [0.2, 0.25) is 0 Å². The second kappa shape index (κ2) is 7.49. The summed E-state index contributed by atoms with van der Waals surface area (Å²) < 4.78 is 0. The molecule has 3 aromatic rings. The monoisotopic (exact) mass is 361 g/mol. The Balaban J connectivity index is 1.70. The van der Waals surface area contributed by atoms with E-state index >= 15 is 0 Å². The number of nitrogens with zero attached hydrogens (tertiary/aromatic N) is 4. The quantitative estimate of drug-likeness (QED) is 0.642. The summed E-state index contributed by atoms with van der Waals surface area (Å²) in [5.74, 6) is 2.66. The Labute approximate surface area is 158 Å². The van der Waals surface area contributed by atoms with Crippen molar-refractivity contribution >= 4 is 35.3 Å². The van der Waals surface area contributed by atoms with Crippen molar-refractivity contribution in [2.75, 3.05) is 29.0 Å². The van der Waals surface area contributed by atoms with E-state index in [1.54, 1.807) is 0 Å². The lowest BCUT2D eigenvalue weighted by atomic mass is 10.2. The Morgan fingerprint density at radius 3 is 2.59 bits per heavy atom. The van der Waals surface area contributed by atoms with Crippen molar-refractivity contribution in [3.05, 3.63) is 53.5 Å². The first kappa shape index (κ1) is 17.1. The highest BCUT2D eigenvalue weighted by Crippen LogP contribution is 2.31. The van der Waals surface area contributed by atoms with Crippen molar-refractivity contribution in [1.82, 2.24) is 20.2 Å². The number of benzene rings is 1. The molecule has 7 nitrogen and oxygen atoms in total. The zero-order valence-electron chi connectivity index (χ0n) is 15.3. The molecule has 0 aliphatic carbocycles. The second-order valence-corrected chi connectivity index (χ2v) is 6.67. The van der Waals surface area contributed by atoms with Crippen molar-refractivity contribution in [1.29, 1.82) is 0 Å². The van der Waals surface area contributed by atoms with Crippen LogP contribution in [-0.4, -0.2) is 33.3 Å². The second-order valence-electron chi connectivity index (χ2n) is 6.67. The summed E-state index contributed by atoms with van der Waals surface area (Å²) in [6, 6.07) is 12.0. The van der Waals surface area contributed by atoms with Crippen LogP contribution in [0.3, 0.4) is 0 Å². The van der Waals surface area contributed by atoms with Gasteiger partial charge in [-0.15, -0.1) is 0 Å². The largest absolute Gasteiger partial charge is 0.393 e. The van der Waals surface area contributed by atoms with Gasteiger partial charge in [0, 0.05) is 24.8 Å². The Kier molecular flexibility index (Phi) is 4.74. The molecule has 138 valence electrons. The van der Waals surface area contributed by atoms with E-state index in [0.717, 1.165) is 43.0 Å². The van der Waals surface area contributed by atoms with Crippen LogP contribution in [0.2, 0.25) is 0 Å². The molecule has 0 atom stereocenters. The summed E-state index contributed by atoms with van der Waals surface area (Å²) in [4.78, 5) is 11.5. The van der Waals surface area contributed by atoms with Crippen LogP contribution in [0.15, 0.2) is 36.4 Å². The van der Waals surface area contributed by atoms with Crippen molar-refractivity contribution in [2.24, 2.45) is 0 Å². The average molecular weight is 361 g/mol. The molecule has 0 radical (unpaired) electrons. The van der Waals surface area contributed by atoms with Crippen molar-refractivity contribution < 1.29 is 0 Å². The van der Waals surface area contributed by atoms with Crippen molar-refractivity contribution in [3.63, 3.8) is 0 Å². The molecule has 27 heavy (non-hydrogen) atoms. The van der Waals surface area contributed by atoms with Gasteiger partial charge in [0.1, 0.15) is 5.69 Å². The normalized spacial score (nSPS) is 14.2. The summed E-state index contributed by atoms with van der Waals surface area (Å²) in [7, 11) is 0. The lowest BCUT2D eigenvalue weighted by Crippen LogP contribution is -2.22. The third-order valence-corrected chi connectivity index (χ3v) is 4.53. The van der Waals surface area contributed by atoms with E-state index in [-0.39, 0.29) is 0 Å². The summed E-state index contributed by atoms with van der Waals surface area (Å²) in [6.07, 6.45) is 6.22. The smallest absolute Gasteiger partial charge is 0.161 e. The van der Waals surface area contributed by atoms with Crippen LogP contribution in [0.25, 0.3) is 12.2 Å². The van der Waals surface area contributed by atoms with Crippen LogP contribution in [0.1, 0.15) is 29.9 Å². The van der Waals surface area contributed by atoms with Crippen LogP contribution in [0.5, 0.6) is 0 Å². The van der Waals surface area contributed by atoms with Crippen molar-refractivity contribution in [2.45, 2.75) is 19.8 Å². The molecule has 1 aliphatic rings. The SMILES string of the molecule is Cc1cc(Nc2nc(C=Cc3ccccc3)nc(N3CCCC3)c2N)n[nH]1. The highest BCUT2D eigenvalue weighted by atomic mass is 15.3. The number of aryl methyl sites for hydroxylation is 1. The number of nitrogen functional groups attached to an aromatic ring is 1. The molecule has 1 saturated heterocycles. The van der Waals surface area contributed by atoms with Gasteiger partial charge < -0.3 is 16.0 Å². The van der Waals surface area contributed by atoms with E-state index < -0.39 is 0 Å². The van der Waals surface area contributed by atoms with E-state index in [0.29, 0.717) is 23.1 Å². The number of hydrogen-bond donors (Lipinski definition) is 3. The van der Waals surface area contributed by atoms with Gasteiger partial charge in [0.25, 0.3) is 0 Å². The molecule has 0 unspecified atom stereocenters. The Morgan fingerprint density at radius 2 is 1.89 bits per heavy atom.